The Morgan fingerprint density at radius 1 is 1.06 bits per heavy atom. The fraction of sp³-hybridized carbons (Fsp3) is 0. The topological polar surface area (TPSA) is 76.6 Å². The van der Waals surface area contributed by atoms with Crippen LogP contribution in [0.5, 0.6) is 0 Å². The van der Waals surface area contributed by atoms with Crippen LogP contribution in [0.4, 0.5) is 11.4 Å². The van der Waals surface area contributed by atoms with Gasteiger partial charge in [0.15, 0.2) is 4.32 Å². The number of halogens is 1. The number of non-ortho nitro benzene ring substituents is 1. The fourth-order valence-corrected chi connectivity index (χ4v) is 5.13. The summed E-state index contributed by atoms with van der Waals surface area (Å²) in [7, 11) is 0. The number of thiocarbonyl (C=S) groups is 1. The van der Waals surface area contributed by atoms with E-state index in [-0.39, 0.29) is 16.6 Å². The first-order chi connectivity index (χ1) is 15.9. The molecule has 1 aliphatic heterocycles. The van der Waals surface area contributed by atoms with Crippen molar-refractivity contribution < 1.29 is 14.1 Å². The summed E-state index contributed by atoms with van der Waals surface area (Å²) in [5, 5.41) is 13.1. The first-order valence-corrected chi connectivity index (χ1v) is 11.3. The second-order valence-electron chi connectivity index (χ2n) is 7.14. The molecule has 2 heterocycles. The van der Waals surface area contributed by atoms with Crippen molar-refractivity contribution in [3.8, 4) is 11.3 Å². The van der Waals surface area contributed by atoms with Crippen LogP contribution in [-0.2, 0) is 4.79 Å². The maximum Gasteiger partial charge on any atom is 0.270 e. The van der Waals surface area contributed by atoms with Gasteiger partial charge in [-0.1, -0.05) is 72.0 Å². The van der Waals surface area contributed by atoms with E-state index in [2.05, 4.69) is 0 Å². The lowest BCUT2D eigenvalue weighted by Gasteiger charge is -2.17. The van der Waals surface area contributed by atoms with Gasteiger partial charge in [0.25, 0.3) is 11.6 Å². The third-order valence-electron chi connectivity index (χ3n) is 5.13. The Labute approximate surface area is 202 Å². The number of amides is 1. The summed E-state index contributed by atoms with van der Waals surface area (Å²) in [5.74, 6) is 0.649. The smallest absolute Gasteiger partial charge is 0.270 e. The van der Waals surface area contributed by atoms with Gasteiger partial charge in [0, 0.05) is 29.2 Å². The van der Waals surface area contributed by atoms with E-state index in [0.29, 0.717) is 26.3 Å². The number of hydrogen-bond donors (Lipinski definition) is 0. The lowest BCUT2D eigenvalue weighted by atomic mass is 10.1. The summed E-state index contributed by atoms with van der Waals surface area (Å²) in [4.78, 5) is 25.6. The largest absolute Gasteiger partial charge is 0.457 e. The minimum atomic E-state index is -0.513. The fourth-order valence-electron chi connectivity index (χ4n) is 3.60. The molecule has 33 heavy (non-hydrogen) atoms. The normalized spacial score (nSPS) is 15.1. The lowest BCUT2D eigenvalue weighted by Crippen LogP contribution is -2.27. The van der Waals surface area contributed by atoms with Crippen molar-refractivity contribution in [2.75, 3.05) is 4.90 Å². The molecule has 0 radical (unpaired) electrons. The number of nitro groups is 1. The van der Waals surface area contributed by atoms with Gasteiger partial charge in [-0.15, -0.1) is 0 Å². The standard InChI is InChI=1S/C24H13ClN2O4S2/c25-19-12-15(27(29)30)8-10-18(19)21-11-9-16(31-21)13-22-23(28)26(24(32)33-22)20-7-3-5-14-4-1-2-6-17(14)20/h1-13H/b22-13+. The van der Waals surface area contributed by atoms with E-state index in [1.165, 1.54) is 34.9 Å². The molecule has 1 amide bonds. The number of nitrogens with zero attached hydrogens (tertiary/aromatic N) is 2. The van der Waals surface area contributed by atoms with Gasteiger partial charge in [-0.25, -0.2) is 0 Å². The molecule has 1 saturated heterocycles. The van der Waals surface area contributed by atoms with Crippen LogP contribution >= 0.6 is 35.6 Å². The number of anilines is 1. The number of nitro benzene ring substituents is 1. The Bertz CT molecular complexity index is 1490. The molecule has 4 aromatic rings. The van der Waals surface area contributed by atoms with E-state index in [1.807, 2.05) is 42.5 Å². The number of rotatable bonds is 4. The highest BCUT2D eigenvalue weighted by Gasteiger charge is 2.34. The quantitative estimate of drug-likeness (QED) is 0.131. The van der Waals surface area contributed by atoms with E-state index in [0.717, 1.165) is 16.5 Å². The molecule has 1 aliphatic rings. The molecule has 9 heteroatoms. The minimum absolute atomic E-state index is 0.104. The number of hydrogen-bond acceptors (Lipinski definition) is 6. The molecular formula is C24H13ClN2O4S2. The molecule has 0 aliphatic carbocycles. The van der Waals surface area contributed by atoms with E-state index in [9.17, 15) is 14.9 Å². The van der Waals surface area contributed by atoms with Crippen molar-refractivity contribution in [3.05, 3.63) is 98.6 Å². The van der Waals surface area contributed by atoms with Crippen LogP contribution in [0.3, 0.4) is 0 Å². The maximum absolute atomic E-state index is 13.2. The number of fused-ring (bicyclic) bond motifs is 1. The molecular weight excluding hydrogens is 480 g/mol. The number of benzene rings is 3. The van der Waals surface area contributed by atoms with E-state index in [4.69, 9.17) is 28.2 Å². The third-order valence-corrected chi connectivity index (χ3v) is 6.75. The van der Waals surface area contributed by atoms with E-state index < -0.39 is 4.92 Å². The summed E-state index contributed by atoms with van der Waals surface area (Å²) in [6.45, 7) is 0. The average Bonchev–Trinajstić information content (AvgIpc) is 3.37. The highest BCUT2D eigenvalue weighted by atomic mass is 35.5. The molecule has 0 atom stereocenters. The molecule has 1 fully saturated rings. The number of carbonyl (C=O) groups is 1. The number of carbonyl (C=O) groups excluding carboxylic acids is 1. The maximum atomic E-state index is 13.2. The van der Waals surface area contributed by atoms with Crippen LogP contribution < -0.4 is 4.90 Å². The third kappa shape index (κ3) is 3.93. The van der Waals surface area contributed by atoms with Gasteiger partial charge in [-0.05, 0) is 29.7 Å². The predicted molar refractivity (Wildman–Crippen MR) is 135 cm³/mol. The Hall–Kier alpha value is -3.46. The van der Waals surface area contributed by atoms with Crippen LogP contribution in [0.25, 0.3) is 28.2 Å². The van der Waals surface area contributed by atoms with Crippen molar-refractivity contribution in [3.63, 3.8) is 0 Å². The second-order valence-corrected chi connectivity index (χ2v) is 9.22. The highest BCUT2D eigenvalue weighted by molar-refractivity contribution is 8.27. The predicted octanol–water partition coefficient (Wildman–Crippen LogP) is 7.07. The van der Waals surface area contributed by atoms with Crippen molar-refractivity contribution >= 4 is 74.0 Å². The van der Waals surface area contributed by atoms with E-state index in [1.54, 1.807) is 18.2 Å². The van der Waals surface area contributed by atoms with Gasteiger partial charge >= 0.3 is 0 Å². The molecule has 3 aromatic carbocycles. The SMILES string of the molecule is O=C1/C(=C\c2ccc(-c3ccc([N+](=O)[O-])cc3Cl)o2)SC(=S)N1c1cccc2ccccc12. The van der Waals surface area contributed by atoms with Crippen LogP contribution in [0.1, 0.15) is 5.76 Å². The van der Waals surface area contributed by atoms with Gasteiger partial charge in [-0.3, -0.25) is 19.8 Å². The van der Waals surface area contributed by atoms with Crippen LogP contribution in [-0.4, -0.2) is 15.2 Å². The second kappa shape index (κ2) is 8.47. The van der Waals surface area contributed by atoms with Crippen LogP contribution in [0, 0.1) is 10.1 Å². The number of thioether (sulfide) groups is 1. The minimum Gasteiger partial charge on any atom is -0.457 e. The van der Waals surface area contributed by atoms with Gasteiger partial charge in [0.2, 0.25) is 0 Å². The summed E-state index contributed by atoms with van der Waals surface area (Å²) >= 11 is 12.9. The average molecular weight is 493 g/mol. The Balaban J connectivity index is 1.46. The van der Waals surface area contributed by atoms with Crippen molar-refractivity contribution in [2.45, 2.75) is 0 Å². The van der Waals surface area contributed by atoms with Gasteiger partial charge < -0.3 is 4.42 Å². The lowest BCUT2D eigenvalue weighted by molar-refractivity contribution is -0.384. The zero-order valence-corrected chi connectivity index (χ0v) is 19.1. The van der Waals surface area contributed by atoms with Crippen LogP contribution in [0.2, 0.25) is 5.02 Å². The first kappa shape index (κ1) is 21.4. The highest BCUT2D eigenvalue weighted by Crippen LogP contribution is 2.39. The molecule has 6 nitrogen and oxygen atoms in total. The Morgan fingerprint density at radius 2 is 1.85 bits per heavy atom. The molecule has 1 aromatic heterocycles. The van der Waals surface area contributed by atoms with Crippen molar-refractivity contribution in [1.29, 1.82) is 0 Å². The molecule has 0 spiro atoms. The van der Waals surface area contributed by atoms with Crippen molar-refractivity contribution in [2.24, 2.45) is 0 Å². The Kier molecular flexibility index (Phi) is 5.49. The summed E-state index contributed by atoms with van der Waals surface area (Å²) < 4.78 is 6.29. The molecule has 0 unspecified atom stereocenters. The molecule has 0 N–H and O–H groups in total. The molecule has 162 valence electrons. The summed E-state index contributed by atoms with van der Waals surface area (Å²) in [5.41, 5.74) is 1.15. The zero-order chi connectivity index (χ0) is 23.1. The van der Waals surface area contributed by atoms with E-state index >= 15 is 0 Å². The van der Waals surface area contributed by atoms with Gasteiger partial charge in [0.1, 0.15) is 11.5 Å². The van der Waals surface area contributed by atoms with Crippen molar-refractivity contribution in [1.82, 2.24) is 0 Å². The molecule has 0 saturated carbocycles. The Morgan fingerprint density at radius 3 is 2.64 bits per heavy atom. The van der Waals surface area contributed by atoms with Gasteiger partial charge in [-0.2, -0.15) is 0 Å². The first-order valence-electron chi connectivity index (χ1n) is 9.72. The summed E-state index contributed by atoms with van der Waals surface area (Å²) in [6, 6.07) is 21.1. The van der Waals surface area contributed by atoms with Gasteiger partial charge in [0.05, 0.1) is 20.5 Å². The number of furan rings is 1. The zero-order valence-electron chi connectivity index (χ0n) is 16.7. The molecule has 0 bridgehead atoms. The summed E-state index contributed by atoms with van der Waals surface area (Å²) in [6.07, 6.45) is 1.63. The monoisotopic (exact) mass is 492 g/mol. The van der Waals surface area contributed by atoms with Crippen LogP contribution in [0.15, 0.2) is 82.1 Å². The molecule has 5 rings (SSSR count).